The second kappa shape index (κ2) is 9.55. The molecule has 3 aromatic carbocycles. The van der Waals surface area contributed by atoms with Crippen LogP contribution in [0.3, 0.4) is 0 Å². The summed E-state index contributed by atoms with van der Waals surface area (Å²) in [4.78, 5) is 12.7. The second-order valence-electron chi connectivity index (χ2n) is 7.35. The molecule has 6 nitrogen and oxygen atoms in total. The fourth-order valence-corrected chi connectivity index (χ4v) is 3.65. The number of hydrogen-bond acceptors (Lipinski definition) is 4. The van der Waals surface area contributed by atoms with E-state index in [1.807, 2.05) is 59.3 Å². The summed E-state index contributed by atoms with van der Waals surface area (Å²) in [5, 5.41) is 22.7. The van der Waals surface area contributed by atoms with Crippen LogP contribution in [0.2, 0.25) is 0 Å². The predicted octanol–water partition coefficient (Wildman–Crippen LogP) is 5.12. The van der Waals surface area contributed by atoms with Crippen molar-refractivity contribution in [2.45, 2.75) is 6.54 Å². The predicted molar refractivity (Wildman–Crippen MR) is 127 cm³/mol. The van der Waals surface area contributed by atoms with Crippen LogP contribution >= 0.6 is 0 Å². The molecule has 0 atom stereocenters. The molecule has 1 heterocycles. The fourth-order valence-electron chi connectivity index (χ4n) is 3.65. The quantitative estimate of drug-likeness (QED) is 0.338. The molecule has 1 N–H and O–H groups in total. The zero-order chi connectivity index (χ0) is 23.2. The molecule has 0 bridgehead atoms. The normalized spacial score (nSPS) is 10.9. The molecular formula is C27H20N4O2. The maximum atomic E-state index is 12.7. The van der Waals surface area contributed by atoms with Crippen molar-refractivity contribution in [2.75, 3.05) is 12.4 Å². The fraction of sp³-hybridized carbons (Fsp3) is 0.0741. The first kappa shape index (κ1) is 21.4. The lowest BCUT2D eigenvalue weighted by molar-refractivity contribution is -0.112. The Labute approximate surface area is 191 Å². The van der Waals surface area contributed by atoms with Gasteiger partial charge in [-0.25, -0.2) is 0 Å². The van der Waals surface area contributed by atoms with Crippen molar-refractivity contribution in [1.29, 1.82) is 10.5 Å². The van der Waals surface area contributed by atoms with Gasteiger partial charge >= 0.3 is 0 Å². The van der Waals surface area contributed by atoms with Crippen molar-refractivity contribution in [3.05, 3.63) is 101 Å². The monoisotopic (exact) mass is 432 g/mol. The van der Waals surface area contributed by atoms with E-state index in [0.717, 1.165) is 22.0 Å². The highest BCUT2D eigenvalue weighted by atomic mass is 16.5. The number of aromatic nitrogens is 1. The Morgan fingerprint density at radius 1 is 1.03 bits per heavy atom. The molecule has 0 spiro atoms. The van der Waals surface area contributed by atoms with Gasteiger partial charge in [-0.15, -0.1) is 0 Å². The van der Waals surface area contributed by atoms with Gasteiger partial charge in [0.1, 0.15) is 17.4 Å². The third-order valence-corrected chi connectivity index (χ3v) is 5.31. The first-order valence-electron chi connectivity index (χ1n) is 10.3. The van der Waals surface area contributed by atoms with Crippen LogP contribution in [-0.4, -0.2) is 17.6 Å². The number of nitrogens with zero attached hydrogens (tertiary/aromatic N) is 3. The Bertz CT molecular complexity index is 1430. The Balaban J connectivity index is 1.67. The van der Waals surface area contributed by atoms with Crippen LogP contribution in [0.15, 0.2) is 84.6 Å². The molecule has 0 aliphatic carbocycles. The molecule has 0 aliphatic rings. The molecule has 33 heavy (non-hydrogen) atoms. The molecule has 0 saturated heterocycles. The van der Waals surface area contributed by atoms with Gasteiger partial charge in [0, 0.05) is 34.9 Å². The maximum Gasteiger partial charge on any atom is 0.266 e. The maximum absolute atomic E-state index is 12.7. The molecule has 0 unspecified atom stereocenters. The number of ether oxygens (including phenoxy) is 1. The first-order valence-corrected chi connectivity index (χ1v) is 10.3. The number of fused-ring (bicyclic) bond motifs is 1. The molecule has 0 radical (unpaired) electrons. The summed E-state index contributed by atoms with van der Waals surface area (Å²) in [6, 6.07) is 26.4. The Kier molecular flexibility index (Phi) is 6.20. The summed E-state index contributed by atoms with van der Waals surface area (Å²) < 4.78 is 7.15. The van der Waals surface area contributed by atoms with E-state index in [1.54, 1.807) is 43.5 Å². The highest BCUT2D eigenvalue weighted by Gasteiger charge is 2.14. The van der Waals surface area contributed by atoms with Gasteiger partial charge in [0.2, 0.25) is 0 Å². The lowest BCUT2D eigenvalue weighted by Crippen LogP contribution is -2.13. The van der Waals surface area contributed by atoms with Gasteiger partial charge in [0.15, 0.2) is 0 Å². The average molecular weight is 432 g/mol. The molecule has 1 amide bonds. The summed E-state index contributed by atoms with van der Waals surface area (Å²) in [5.74, 6) is 0.184. The minimum atomic E-state index is -0.491. The lowest BCUT2D eigenvalue weighted by atomic mass is 10.1. The standard InChI is InChI=1S/C27H20N4O2/c1-33-24-12-10-23(11-13-24)30-27(32)21(16-29)14-22-18-31(26-9-5-4-8-25(22)26)17-20-7-3-2-6-19(20)15-28/h2-14,18H,17H2,1H3,(H,30,32). The van der Waals surface area contributed by atoms with Crippen molar-refractivity contribution in [2.24, 2.45) is 0 Å². The molecule has 0 saturated carbocycles. The van der Waals surface area contributed by atoms with E-state index in [0.29, 0.717) is 23.5 Å². The third kappa shape index (κ3) is 4.61. The van der Waals surface area contributed by atoms with Crippen molar-refractivity contribution in [3.63, 3.8) is 0 Å². The van der Waals surface area contributed by atoms with Crippen LogP contribution in [0.4, 0.5) is 5.69 Å². The number of nitriles is 2. The number of carbonyl (C=O) groups excluding carboxylic acids is 1. The van der Waals surface area contributed by atoms with Crippen molar-refractivity contribution < 1.29 is 9.53 Å². The Morgan fingerprint density at radius 2 is 1.76 bits per heavy atom. The topological polar surface area (TPSA) is 90.8 Å². The molecule has 1 aromatic heterocycles. The Hall–Kier alpha value is -4.81. The number of methoxy groups -OCH3 is 1. The van der Waals surface area contributed by atoms with E-state index in [1.165, 1.54) is 0 Å². The molecule has 4 rings (SSSR count). The van der Waals surface area contributed by atoms with Crippen LogP contribution in [0.25, 0.3) is 17.0 Å². The van der Waals surface area contributed by atoms with Crippen LogP contribution in [0.1, 0.15) is 16.7 Å². The molecule has 0 fully saturated rings. The summed E-state index contributed by atoms with van der Waals surface area (Å²) in [7, 11) is 1.57. The van der Waals surface area contributed by atoms with Crippen LogP contribution in [0.5, 0.6) is 5.75 Å². The van der Waals surface area contributed by atoms with Crippen LogP contribution in [-0.2, 0) is 11.3 Å². The molecule has 0 aliphatic heterocycles. The average Bonchev–Trinajstić information content (AvgIpc) is 3.20. The van der Waals surface area contributed by atoms with E-state index < -0.39 is 5.91 Å². The zero-order valence-corrected chi connectivity index (χ0v) is 17.9. The summed E-state index contributed by atoms with van der Waals surface area (Å²) in [5.41, 5.74) is 3.77. The molecule has 6 heteroatoms. The largest absolute Gasteiger partial charge is 0.497 e. The van der Waals surface area contributed by atoms with Gasteiger partial charge in [-0.1, -0.05) is 36.4 Å². The number of amides is 1. The van der Waals surface area contributed by atoms with Crippen LogP contribution < -0.4 is 10.1 Å². The number of rotatable bonds is 6. The number of para-hydroxylation sites is 1. The highest BCUT2D eigenvalue weighted by Crippen LogP contribution is 2.25. The van der Waals surface area contributed by atoms with E-state index in [-0.39, 0.29) is 5.57 Å². The van der Waals surface area contributed by atoms with Crippen molar-refractivity contribution >= 4 is 28.6 Å². The number of hydrogen-bond donors (Lipinski definition) is 1. The van der Waals surface area contributed by atoms with Gasteiger partial charge < -0.3 is 14.6 Å². The summed E-state index contributed by atoms with van der Waals surface area (Å²) in [6.07, 6.45) is 3.49. The third-order valence-electron chi connectivity index (χ3n) is 5.31. The molecular weight excluding hydrogens is 412 g/mol. The van der Waals surface area contributed by atoms with Crippen molar-refractivity contribution in [1.82, 2.24) is 4.57 Å². The summed E-state index contributed by atoms with van der Waals surface area (Å²) >= 11 is 0. The summed E-state index contributed by atoms with van der Waals surface area (Å²) in [6.45, 7) is 0.498. The molecule has 4 aromatic rings. The Morgan fingerprint density at radius 3 is 2.48 bits per heavy atom. The van der Waals surface area contributed by atoms with Gasteiger partial charge in [-0.3, -0.25) is 4.79 Å². The van der Waals surface area contributed by atoms with Gasteiger partial charge in [-0.2, -0.15) is 10.5 Å². The van der Waals surface area contributed by atoms with E-state index in [2.05, 4.69) is 11.4 Å². The highest BCUT2D eigenvalue weighted by molar-refractivity contribution is 6.10. The number of carbonyl (C=O) groups is 1. The van der Waals surface area contributed by atoms with Gasteiger partial charge in [0.05, 0.1) is 18.7 Å². The lowest BCUT2D eigenvalue weighted by Gasteiger charge is -2.07. The first-order chi connectivity index (χ1) is 16.1. The smallest absolute Gasteiger partial charge is 0.266 e. The van der Waals surface area contributed by atoms with E-state index in [9.17, 15) is 15.3 Å². The van der Waals surface area contributed by atoms with Gasteiger partial charge in [-0.05, 0) is 48.0 Å². The molecule has 160 valence electrons. The van der Waals surface area contributed by atoms with Gasteiger partial charge in [0.25, 0.3) is 5.91 Å². The van der Waals surface area contributed by atoms with Crippen molar-refractivity contribution in [3.8, 4) is 17.9 Å². The minimum absolute atomic E-state index is 0.00820. The SMILES string of the molecule is COc1ccc(NC(=O)C(C#N)=Cc2cn(Cc3ccccc3C#N)c3ccccc23)cc1. The van der Waals surface area contributed by atoms with Crippen LogP contribution in [0, 0.1) is 22.7 Å². The minimum Gasteiger partial charge on any atom is -0.497 e. The zero-order valence-electron chi connectivity index (χ0n) is 17.9. The number of anilines is 1. The van der Waals surface area contributed by atoms with E-state index in [4.69, 9.17) is 4.74 Å². The van der Waals surface area contributed by atoms with E-state index >= 15 is 0 Å². The second-order valence-corrected chi connectivity index (χ2v) is 7.35. The number of nitrogens with one attached hydrogen (secondary N) is 1. The number of benzene rings is 3.